The Morgan fingerprint density at radius 2 is 1.75 bits per heavy atom. The highest BCUT2D eigenvalue weighted by Crippen LogP contribution is 2.38. The van der Waals surface area contributed by atoms with Crippen LogP contribution >= 0.6 is 0 Å². The van der Waals surface area contributed by atoms with Crippen molar-refractivity contribution in [2.24, 2.45) is 11.3 Å². The third-order valence-electron chi connectivity index (χ3n) is 3.31. The number of hydrogen-bond acceptors (Lipinski definition) is 2. The summed E-state index contributed by atoms with van der Waals surface area (Å²) in [6, 6.07) is 0.628. The molecule has 1 saturated heterocycles. The van der Waals surface area contributed by atoms with Gasteiger partial charge in [0.2, 0.25) is 0 Å². The molecule has 2 heteroatoms. The maximum atomic E-state index is 9.28. The summed E-state index contributed by atoms with van der Waals surface area (Å²) in [5.41, 5.74) is 0.199. The zero-order valence-corrected chi connectivity index (χ0v) is 8.67. The van der Waals surface area contributed by atoms with Gasteiger partial charge in [-0.25, -0.2) is 0 Å². The molecular weight excluding hydrogens is 150 g/mol. The van der Waals surface area contributed by atoms with Gasteiger partial charge in [0, 0.05) is 24.5 Å². The van der Waals surface area contributed by atoms with Crippen LogP contribution in [0.15, 0.2) is 0 Å². The molecule has 0 radical (unpaired) electrons. The summed E-state index contributed by atoms with van der Waals surface area (Å²) in [7, 11) is 0. The van der Waals surface area contributed by atoms with Crippen molar-refractivity contribution in [3.63, 3.8) is 0 Å². The van der Waals surface area contributed by atoms with E-state index in [0.29, 0.717) is 18.6 Å². The Kier molecular flexibility index (Phi) is 2.79. The molecular formula is C10H21NO. The maximum Gasteiger partial charge on any atom is 0.0514 e. The molecule has 0 saturated carbocycles. The van der Waals surface area contributed by atoms with Crippen LogP contribution in [0.2, 0.25) is 0 Å². The number of aliphatic hydroxyl groups is 1. The molecule has 12 heavy (non-hydrogen) atoms. The standard InChI is InChI=1S/C10H21NO/c1-8(2)10(7-12)5-11(6-10)9(3)4/h8-9,12H,5-7H2,1-4H3. The molecule has 0 spiro atoms. The first-order valence-corrected chi connectivity index (χ1v) is 4.87. The van der Waals surface area contributed by atoms with Gasteiger partial charge in [0.05, 0.1) is 6.61 Å². The Labute approximate surface area is 75.6 Å². The molecule has 1 aliphatic rings. The van der Waals surface area contributed by atoms with Crippen molar-refractivity contribution in [2.75, 3.05) is 19.7 Å². The molecule has 1 fully saturated rings. The highest BCUT2D eigenvalue weighted by molar-refractivity contribution is 4.97. The number of hydrogen-bond donors (Lipinski definition) is 1. The minimum atomic E-state index is 0.199. The highest BCUT2D eigenvalue weighted by atomic mass is 16.3. The van der Waals surface area contributed by atoms with Crippen molar-refractivity contribution >= 4 is 0 Å². The smallest absolute Gasteiger partial charge is 0.0514 e. The Morgan fingerprint density at radius 1 is 1.25 bits per heavy atom. The molecule has 2 nitrogen and oxygen atoms in total. The Bertz CT molecular complexity index is 148. The van der Waals surface area contributed by atoms with Crippen molar-refractivity contribution in [1.82, 2.24) is 4.90 Å². The van der Waals surface area contributed by atoms with Gasteiger partial charge in [0.25, 0.3) is 0 Å². The summed E-state index contributed by atoms with van der Waals surface area (Å²) >= 11 is 0. The third kappa shape index (κ3) is 1.50. The first kappa shape index (κ1) is 10.0. The zero-order valence-electron chi connectivity index (χ0n) is 8.67. The number of aliphatic hydroxyl groups excluding tert-OH is 1. The Morgan fingerprint density at radius 3 is 2.00 bits per heavy atom. The van der Waals surface area contributed by atoms with Crippen LogP contribution in [0.5, 0.6) is 0 Å². The van der Waals surface area contributed by atoms with Crippen LogP contribution in [0.25, 0.3) is 0 Å². The molecule has 0 aromatic heterocycles. The monoisotopic (exact) mass is 171 g/mol. The minimum Gasteiger partial charge on any atom is -0.396 e. The quantitative estimate of drug-likeness (QED) is 0.693. The van der Waals surface area contributed by atoms with Gasteiger partial charge in [-0.2, -0.15) is 0 Å². The van der Waals surface area contributed by atoms with Gasteiger partial charge in [0.1, 0.15) is 0 Å². The van der Waals surface area contributed by atoms with Crippen molar-refractivity contribution < 1.29 is 5.11 Å². The van der Waals surface area contributed by atoms with E-state index in [1.807, 2.05) is 0 Å². The van der Waals surface area contributed by atoms with Crippen LogP contribution in [0, 0.1) is 11.3 Å². The topological polar surface area (TPSA) is 23.5 Å². The molecule has 72 valence electrons. The van der Waals surface area contributed by atoms with E-state index in [4.69, 9.17) is 0 Å². The SMILES string of the molecule is CC(C)N1CC(CO)(C(C)C)C1. The molecule has 0 aliphatic carbocycles. The van der Waals surface area contributed by atoms with Crippen LogP contribution in [-0.2, 0) is 0 Å². The van der Waals surface area contributed by atoms with Gasteiger partial charge in [-0.15, -0.1) is 0 Å². The van der Waals surface area contributed by atoms with Crippen LogP contribution in [0.4, 0.5) is 0 Å². The Balaban J connectivity index is 2.46. The molecule has 0 unspecified atom stereocenters. The lowest BCUT2D eigenvalue weighted by Crippen LogP contribution is -2.62. The van der Waals surface area contributed by atoms with Crippen LogP contribution in [-0.4, -0.2) is 35.7 Å². The Hall–Kier alpha value is -0.0800. The highest BCUT2D eigenvalue weighted by Gasteiger charge is 2.45. The van der Waals surface area contributed by atoms with E-state index in [1.165, 1.54) is 0 Å². The molecule has 1 aliphatic heterocycles. The first-order chi connectivity index (χ1) is 5.52. The van der Waals surface area contributed by atoms with Crippen LogP contribution < -0.4 is 0 Å². The fraction of sp³-hybridized carbons (Fsp3) is 1.00. The predicted molar refractivity (Wildman–Crippen MR) is 51.1 cm³/mol. The molecule has 0 amide bonds. The summed E-state index contributed by atoms with van der Waals surface area (Å²) in [5.74, 6) is 0.595. The molecule has 1 rings (SSSR count). The second-order valence-corrected chi connectivity index (χ2v) is 4.67. The van der Waals surface area contributed by atoms with E-state index in [-0.39, 0.29) is 5.41 Å². The molecule has 1 heterocycles. The fourth-order valence-corrected chi connectivity index (χ4v) is 1.78. The molecule has 0 bridgehead atoms. The first-order valence-electron chi connectivity index (χ1n) is 4.87. The lowest BCUT2D eigenvalue weighted by atomic mass is 9.71. The lowest BCUT2D eigenvalue weighted by Gasteiger charge is -2.53. The summed E-state index contributed by atoms with van der Waals surface area (Å²) < 4.78 is 0. The predicted octanol–water partition coefficient (Wildman–Crippen LogP) is 1.35. The number of likely N-dealkylation sites (tertiary alicyclic amines) is 1. The van der Waals surface area contributed by atoms with Gasteiger partial charge in [-0.05, 0) is 19.8 Å². The van der Waals surface area contributed by atoms with Gasteiger partial charge >= 0.3 is 0 Å². The van der Waals surface area contributed by atoms with Crippen LogP contribution in [0.3, 0.4) is 0 Å². The largest absolute Gasteiger partial charge is 0.396 e. The van der Waals surface area contributed by atoms with E-state index in [0.717, 1.165) is 13.1 Å². The average Bonchev–Trinajstić information content (AvgIpc) is 1.84. The van der Waals surface area contributed by atoms with E-state index in [2.05, 4.69) is 32.6 Å². The summed E-state index contributed by atoms with van der Waals surface area (Å²) in [6.45, 7) is 11.3. The average molecular weight is 171 g/mol. The third-order valence-corrected chi connectivity index (χ3v) is 3.31. The second kappa shape index (κ2) is 3.35. The summed E-state index contributed by atoms with van der Waals surface area (Å²) in [5, 5.41) is 9.28. The molecule has 0 atom stereocenters. The lowest BCUT2D eigenvalue weighted by molar-refractivity contribution is -0.0872. The van der Waals surface area contributed by atoms with E-state index in [9.17, 15) is 5.11 Å². The maximum absolute atomic E-state index is 9.28. The van der Waals surface area contributed by atoms with E-state index < -0.39 is 0 Å². The van der Waals surface area contributed by atoms with Gasteiger partial charge in [0.15, 0.2) is 0 Å². The normalized spacial score (nSPS) is 23.2. The molecule has 1 N–H and O–H groups in total. The summed E-state index contributed by atoms with van der Waals surface area (Å²) in [6.07, 6.45) is 0. The summed E-state index contributed by atoms with van der Waals surface area (Å²) in [4.78, 5) is 2.41. The van der Waals surface area contributed by atoms with Gasteiger partial charge in [-0.3, -0.25) is 4.90 Å². The zero-order chi connectivity index (χ0) is 9.35. The van der Waals surface area contributed by atoms with Crippen LogP contribution in [0.1, 0.15) is 27.7 Å². The number of nitrogens with zero attached hydrogens (tertiary/aromatic N) is 1. The minimum absolute atomic E-state index is 0.199. The van der Waals surface area contributed by atoms with Gasteiger partial charge < -0.3 is 5.11 Å². The molecule has 0 aromatic carbocycles. The van der Waals surface area contributed by atoms with E-state index >= 15 is 0 Å². The van der Waals surface area contributed by atoms with Gasteiger partial charge in [-0.1, -0.05) is 13.8 Å². The molecule has 0 aromatic rings. The van der Waals surface area contributed by atoms with Crippen molar-refractivity contribution in [2.45, 2.75) is 33.7 Å². The van der Waals surface area contributed by atoms with E-state index in [1.54, 1.807) is 0 Å². The second-order valence-electron chi connectivity index (χ2n) is 4.67. The fourth-order valence-electron chi connectivity index (χ4n) is 1.78. The van der Waals surface area contributed by atoms with Crippen molar-refractivity contribution in [3.8, 4) is 0 Å². The van der Waals surface area contributed by atoms with Crippen molar-refractivity contribution in [3.05, 3.63) is 0 Å². The van der Waals surface area contributed by atoms with Crippen molar-refractivity contribution in [1.29, 1.82) is 0 Å². The number of rotatable bonds is 3.